The van der Waals surface area contributed by atoms with Gasteiger partial charge in [-0.15, -0.1) is 6.58 Å². The van der Waals surface area contributed by atoms with E-state index in [1.165, 1.54) is 34.6 Å². The second-order valence-corrected chi connectivity index (χ2v) is 9.84. The van der Waals surface area contributed by atoms with Gasteiger partial charge in [0.15, 0.2) is 0 Å². The van der Waals surface area contributed by atoms with Crippen LogP contribution >= 0.6 is 0 Å². The number of rotatable bonds is 10. The fourth-order valence-corrected chi connectivity index (χ4v) is 4.48. The zero-order valence-electron chi connectivity index (χ0n) is 19.6. The van der Waals surface area contributed by atoms with Crippen LogP contribution in [0.25, 0.3) is 22.3 Å². The Morgan fingerprint density at radius 3 is 2.47 bits per heavy atom. The predicted octanol–water partition coefficient (Wildman–Crippen LogP) is 5.54. The SMILES string of the molecule is C=CCCN(c1cc2oc(-c3ccc(F)cc3)c(C(=O)OCC)c2cc1OC(C)C)S(C)(=O)=O. The number of nitrogens with zero attached hydrogens (tertiary/aromatic N) is 1. The number of carbonyl (C=O) groups is 1. The summed E-state index contributed by atoms with van der Waals surface area (Å²) in [5.74, 6) is -0.582. The summed E-state index contributed by atoms with van der Waals surface area (Å²) in [5.41, 5.74) is 1.17. The molecule has 34 heavy (non-hydrogen) atoms. The van der Waals surface area contributed by atoms with Crippen LogP contribution in [0, 0.1) is 5.82 Å². The highest BCUT2D eigenvalue weighted by molar-refractivity contribution is 7.92. The summed E-state index contributed by atoms with van der Waals surface area (Å²) in [7, 11) is -3.67. The van der Waals surface area contributed by atoms with Crippen LogP contribution in [0.3, 0.4) is 0 Å². The fourth-order valence-electron chi connectivity index (χ4n) is 3.54. The standard InChI is InChI=1S/C25H28FNO6S/c1-6-8-13-27(34(5,29)30)20-15-21-19(14-22(20)32-16(3)4)23(25(28)31-7-2)24(33-21)17-9-11-18(26)12-10-17/h6,9-12,14-16H,1,7-8,13H2,2-5H3. The van der Waals surface area contributed by atoms with E-state index < -0.39 is 21.8 Å². The Morgan fingerprint density at radius 1 is 1.24 bits per heavy atom. The molecule has 0 saturated carbocycles. The number of furan rings is 1. The van der Waals surface area contributed by atoms with Crippen LogP contribution in [-0.2, 0) is 14.8 Å². The monoisotopic (exact) mass is 489 g/mol. The molecule has 0 atom stereocenters. The molecule has 9 heteroatoms. The molecule has 0 saturated heterocycles. The van der Waals surface area contributed by atoms with Crippen molar-refractivity contribution in [3.8, 4) is 17.1 Å². The Bertz CT molecular complexity index is 1300. The van der Waals surface area contributed by atoms with Crippen molar-refractivity contribution >= 4 is 32.6 Å². The number of halogens is 1. The van der Waals surface area contributed by atoms with Crippen molar-refractivity contribution in [2.24, 2.45) is 0 Å². The van der Waals surface area contributed by atoms with E-state index in [4.69, 9.17) is 13.9 Å². The number of benzene rings is 2. The van der Waals surface area contributed by atoms with Gasteiger partial charge in [-0.3, -0.25) is 4.31 Å². The lowest BCUT2D eigenvalue weighted by Crippen LogP contribution is -2.31. The lowest BCUT2D eigenvalue weighted by atomic mass is 10.0. The number of hydrogen-bond acceptors (Lipinski definition) is 6. The van der Waals surface area contributed by atoms with E-state index in [0.29, 0.717) is 17.4 Å². The van der Waals surface area contributed by atoms with Gasteiger partial charge in [-0.05, 0) is 57.5 Å². The molecule has 1 heterocycles. The molecule has 0 amide bonds. The molecule has 1 aromatic heterocycles. The summed E-state index contributed by atoms with van der Waals surface area (Å²) in [6.07, 6.45) is 2.87. The Morgan fingerprint density at radius 2 is 1.91 bits per heavy atom. The highest BCUT2D eigenvalue weighted by atomic mass is 32.2. The van der Waals surface area contributed by atoms with Gasteiger partial charge in [0.05, 0.1) is 24.7 Å². The number of esters is 1. The molecular weight excluding hydrogens is 461 g/mol. The quantitative estimate of drug-likeness (QED) is 0.274. The molecule has 0 aliphatic carbocycles. The van der Waals surface area contributed by atoms with Crippen LogP contribution in [0.15, 0.2) is 53.5 Å². The van der Waals surface area contributed by atoms with E-state index in [9.17, 15) is 17.6 Å². The second-order valence-electron chi connectivity index (χ2n) is 7.93. The topological polar surface area (TPSA) is 86.1 Å². The third kappa shape index (κ3) is 5.41. The lowest BCUT2D eigenvalue weighted by molar-refractivity contribution is 0.0528. The van der Waals surface area contributed by atoms with Crippen LogP contribution in [-0.4, -0.2) is 39.9 Å². The number of anilines is 1. The average molecular weight is 490 g/mol. The van der Waals surface area contributed by atoms with Gasteiger partial charge in [0.1, 0.15) is 28.5 Å². The number of sulfonamides is 1. The van der Waals surface area contributed by atoms with Crippen LogP contribution in [0.2, 0.25) is 0 Å². The van der Waals surface area contributed by atoms with Gasteiger partial charge in [0.2, 0.25) is 10.0 Å². The van der Waals surface area contributed by atoms with E-state index in [0.717, 1.165) is 6.26 Å². The Labute approximate surface area is 198 Å². The van der Waals surface area contributed by atoms with Gasteiger partial charge in [-0.2, -0.15) is 0 Å². The van der Waals surface area contributed by atoms with Crippen molar-refractivity contribution in [2.45, 2.75) is 33.3 Å². The van der Waals surface area contributed by atoms with Gasteiger partial charge >= 0.3 is 5.97 Å². The summed E-state index contributed by atoms with van der Waals surface area (Å²) in [6.45, 7) is 9.28. The normalized spacial score (nSPS) is 11.6. The molecule has 7 nitrogen and oxygen atoms in total. The van der Waals surface area contributed by atoms with Crippen LogP contribution in [0.4, 0.5) is 10.1 Å². The minimum Gasteiger partial charge on any atom is -0.489 e. The molecule has 0 aliphatic rings. The summed E-state index contributed by atoms with van der Waals surface area (Å²) in [5, 5.41) is 0.398. The van der Waals surface area contributed by atoms with E-state index in [2.05, 4.69) is 6.58 Å². The summed E-state index contributed by atoms with van der Waals surface area (Å²) in [4.78, 5) is 12.9. The van der Waals surface area contributed by atoms with Crippen molar-refractivity contribution in [1.29, 1.82) is 0 Å². The first-order chi connectivity index (χ1) is 16.1. The maximum Gasteiger partial charge on any atom is 0.342 e. The minimum atomic E-state index is -3.67. The number of hydrogen-bond donors (Lipinski definition) is 0. The Kier molecular flexibility index (Phi) is 7.66. The van der Waals surface area contributed by atoms with Gasteiger partial charge in [0.25, 0.3) is 0 Å². The van der Waals surface area contributed by atoms with E-state index >= 15 is 0 Å². The molecule has 2 aromatic carbocycles. The van der Waals surface area contributed by atoms with Crippen LogP contribution in [0.5, 0.6) is 5.75 Å². The number of carbonyl (C=O) groups excluding carboxylic acids is 1. The molecular formula is C25H28FNO6S. The van der Waals surface area contributed by atoms with Crippen LogP contribution in [0.1, 0.15) is 37.6 Å². The average Bonchev–Trinajstić information content (AvgIpc) is 3.11. The largest absolute Gasteiger partial charge is 0.489 e. The third-order valence-corrected chi connectivity index (χ3v) is 6.10. The van der Waals surface area contributed by atoms with Crippen molar-refractivity contribution < 1.29 is 31.5 Å². The van der Waals surface area contributed by atoms with Gasteiger partial charge in [-0.1, -0.05) is 6.08 Å². The van der Waals surface area contributed by atoms with E-state index in [1.54, 1.807) is 19.1 Å². The van der Waals surface area contributed by atoms with Crippen molar-refractivity contribution in [2.75, 3.05) is 23.7 Å². The first-order valence-corrected chi connectivity index (χ1v) is 12.7. The minimum absolute atomic E-state index is 0.144. The van der Waals surface area contributed by atoms with E-state index in [-0.39, 0.29) is 47.6 Å². The number of ether oxygens (including phenoxy) is 2. The van der Waals surface area contributed by atoms with Crippen molar-refractivity contribution in [3.63, 3.8) is 0 Å². The van der Waals surface area contributed by atoms with Gasteiger partial charge in [0, 0.05) is 23.6 Å². The van der Waals surface area contributed by atoms with Gasteiger partial charge in [-0.25, -0.2) is 17.6 Å². The third-order valence-electron chi connectivity index (χ3n) is 4.92. The molecule has 0 fully saturated rings. The van der Waals surface area contributed by atoms with Crippen molar-refractivity contribution in [3.05, 3.63) is 60.4 Å². The maximum atomic E-state index is 13.5. The zero-order chi connectivity index (χ0) is 25.0. The number of fused-ring (bicyclic) bond motifs is 1. The van der Waals surface area contributed by atoms with Gasteiger partial charge < -0.3 is 13.9 Å². The molecule has 3 aromatic rings. The molecule has 0 aliphatic heterocycles. The molecule has 3 rings (SSSR count). The van der Waals surface area contributed by atoms with Crippen LogP contribution < -0.4 is 9.04 Å². The smallest absolute Gasteiger partial charge is 0.342 e. The molecule has 0 unspecified atom stereocenters. The Hall–Kier alpha value is -3.33. The molecule has 182 valence electrons. The molecule has 0 radical (unpaired) electrons. The van der Waals surface area contributed by atoms with Crippen molar-refractivity contribution in [1.82, 2.24) is 0 Å². The second kappa shape index (κ2) is 10.3. The summed E-state index contributed by atoms with van der Waals surface area (Å²) in [6, 6.07) is 8.63. The highest BCUT2D eigenvalue weighted by Crippen LogP contribution is 2.41. The summed E-state index contributed by atoms with van der Waals surface area (Å²) < 4.78 is 57.2. The lowest BCUT2D eigenvalue weighted by Gasteiger charge is -2.25. The highest BCUT2D eigenvalue weighted by Gasteiger charge is 2.28. The predicted molar refractivity (Wildman–Crippen MR) is 130 cm³/mol. The first-order valence-electron chi connectivity index (χ1n) is 10.9. The maximum absolute atomic E-state index is 13.5. The Balaban J connectivity index is 2.34. The molecule has 0 N–H and O–H groups in total. The molecule has 0 bridgehead atoms. The zero-order valence-corrected chi connectivity index (χ0v) is 20.4. The first kappa shape index (κ1) is 25.3. The fraction of sp³-hybridized carbons (Fsp3) is 0.320. The van der Waals surface area contributed by atoms with E-state index in [1.807, 2.05) is 13.8 Å². The molecule has 0 spiro atoms. The summed E-state index contributed by atoms with van der Waals surface area (Å²) >= 11 is 0.